The molecule has 2 aromatic heterocycles. The van der Waals surface area contributed by atoms with Gasteiger partial charge in [0.25, 0.3) is 0 Å². The smallest absolute Gasteiger partial charge is 0.244 e. The molecule has 0 radical (unpaired) electrons. The lowest BCUT2D eigenvalue weighted by Crippen LogP contribution is -2.23. The van der Waals surface area contributed by atoms with Crippen LogP contribution in [0.2, 0.25) is 0 Å². The third-order valence-corrected chi connectivity index (χ3v) is 5.17. The van der Waals surface area contributed by atoms with E-state index in [1.54, 1.807) is 31.5 Å². The molecule has 0 spiro atoms. The molecule has 1 aliphatic heterocycles. The fourth-order valence-corrected chi connectivity index (χ4v) is 3.57. The minimum atomic E-state index is -0.143. The fourth-order valence-electron chi connectivity index (χ4n) is 3.57. The van der Waals surface area contributed by atoms with Gasteiger partial charge in [0, 0.05) is 31.5 Å². The topological polar surface area (TPSA) is 120 Å². The van der Waals surface area contributed by atoms with Crippen LogP contribution in [0.4, 0.5) is 5.69 Å². The van der Waals surface area contributed by atoms with Gasteiger partial charge in [0.05, 0.1) is 18.3 Å². The molecule has 1 saturated heterocycles. The van der Waals surface area contributed by atoms with Gasteiger partial charge in [-0.25, -0.2) is 4.98 Å². The summed E-state index contributed by atoms with van der Waals surface area (Å²) in [6.45, 7) is 2.53. The second kappa shape index (κ2) is 9.84. The first-order valence-corrected chi connectivity index (χ1v) is 10.0. The van der Waals surface area contributed by atoms with Crippen molar-refractivity contribution in [2.24, 2.45) is 0 Å². The molecule has 1 atom stereocenters. The molecule has 0 aliphatic carbocycles. The second-order valence-corrected chi connectivity index (χ2v) is 7.25. The molecule has 0 amide bonds. The van der Waals surface area contributed by atoms with E-state index in [1.165, 1.54) is 0 Å². The van der Waals surface area contributed by atoms with Crippen LogP contribution in [0.3, 0.4) is 0 Å². The van der Waals surface area contributed by atoms with Crippen LogP contribution < -0.4 is 9.96 Å². The van der Waals surface area contributed by atoms with Crippen LogP contribution in [-0.4, -0.2) is 52.1 Å². The zero-order chi connectivity index (χ0) is 21.6. The monoisotopic (exact) mass is 426 g/mol. The molecule has 1 fully saturated rings. The standard InChI is InChI=1S/C21H24N5O5/c1-29-11-12-30-19-9-6-16(13-22-19)20-23-21(31-24-20)18-3-2-10-25(18)14-15-4-7-17(8-5-15)26(27)28/h4-9,13,18,27H,2-3,10-12,14H2,1H3/q-1. The quantitative estimate of drug-likeness (QED) is 0.403. The number of ether oxygens (including phenoxy) is 2. The maximum Gasteiger partial charge on any atom is 0.244 e. The van der Waals surface area contributed by atoms with Gasteiger partial charge >= 0.3 is 0 Å². The fraction of sp³-hybridized carbons (Fsp3) is 0.381. The van der Waals surface area contributed by atoms with E-state index in [0.717, 1.165) is 30.5 Å². The van der Waals surface area contributed by atoms with Crippen molar-refractivity contribution in [3.05, 3.63) is 59.3 Å². The third-order valence-electron chi connectivity index (χ3n) is 5.17. The predicted molar refractivity (Wildman–Crippen MR) is 111 cm³/mol. The summed E-state index contributed by atoms with van der Waals surface area (Å²) in [4.78, 5) is 11.1. The summed E-state index contributed by atoms with van der Waals surface area (Å²) in [5.74, 6) is 1.57. The van der Waals surface area contributed by atoms with Gasteiger partial charge in [0.2, 0.25) is 17.6 Å². The summed E-state index contributed by atoms with van der Waals surface area (Å²) in [7, 11) is 1.62. The van der Waals surface area contributed by atoms with Gasteiger partial charge in [-0.3, -0.25) is 10.1 Å². The molecule has 10 nitrogen and oxygen atoms in total. The molecule has 0 saturated carbocycles. The Hall–Kier alpha value is -3.05. The lowest BCUT2D eigenvalue weighted by atomic mass is 10.1. The summed E-state index contributed by atoms with van der Waals surface area (Å²) in [6, 6.07) is 10.5. The van der Waals surface area contributed by atoms with Gasteiger partial charge in [0.15, 0.2) is 0 Å². The normalized spacial score (nSPS) is 16.5. The van der Waals surface area contributed by atoms with E-state index in [0.29, 0.717) is 37.4 Å². The third kappa shape index (κ3) is 5.17. The Kier molecular flexibility index (Phi) is 6.73. The summed E-state index contributed by atoms with van der Waals surface area (Å²) in [6.07, 6.45) is 3.61. The molecule has 1 N–H and O–H groups in total. The Morgan fingerprint density at radius 2 is 2.06 bits per heavy atom. The number of aromatic nitrogens is 3. The Labute approximate surface area is 179 Å². The van der Waals surface area contributed by atoms with Crippen molar-refractivity contribution in [1.29, 1.82) is 0 Å². The Morgan fingerprint density at radius 1 is 1.23 bits per heavy atom. The van der Waals surface area contributed by atoms with Crippen molar-refractivity contribution in [3.63, 3.8) is 0 Å². The average molecular weight is 426 g/mol. The molecule has 3 heterocycles. The number of rotatable bonds is 9. The number of methoxy groups -OCH3 is 1. The molecule has 1 unspecified atom stereocenters. The van der Waals surface area contributed by atoms with Crippen molar-refractivity contribution >= 4 is 5.69 Å². The second-order valence-electron chi connectivity index (χ2n) is 7.25. The maximum atomic E-state index is 11.0. The first-order valence-electron chi connectivity index (χ1n) is 10.0. The van der Waals surface area contributed by atoms with E-state index < -0.39 is 0 Å². The van der Waals surface area contributed by atoms with Crippen LogP contribution in [0.5, 0.6) is 5.88 Å². The lowest BCUT2D eigenvalue weighted by molar-refractivity contribution is 0.144. The average Bonchev–Trinajstić information content (AvgIpc) is 3.44. The van der Waals surface area contributed by atoms with E-state index in [-0.39, 0.29) is 17.0 Å². The highest BCUT2D eigenvalue weighted by Crippen LogP contribution is 2.33. The van der Waals surface area contributed by atoms with Gasteiger partial charge in [-0.05, 0) is 43.1 Å². The molecule has 3 aromatic rings. The zero-order valence-corrected chi connectivity index (χ0v) is 17.2. The lowest BCUT2D eigenvalue weighted by Gasteiger charge is -2.23. The highest BCUT2D eigenvalue weighted by molar-refractivity contribution is 5.53. The molecule has 4 rings (SSSR count). The minimum Gasteiger partial charge on any atom is -0.733 e. The van der Waals surface area contributed by atoms with Gasteiger partial charge in [-0.2, -0.15) is 4.98 Å². The highest BCUT2D eigenvalue weighted by Gasteiger charge is 2.30. The van der Waals surface area contributed by atoms with Crippen molar-refractivity contribution < 1.29 is 19.2 Å². The van der Waals surface area contributed by atoms with Crippen LogP contribution in [0.25, 0.3) is 11.4 Å². The molecule has 31 heavy (non-hydrogen) atoms. The zero-order valence-electron chi connectivity index (χ0n) is 17.2. The number of hydrogen-bond donors (Lipinski definition) is 1. The number of anilines is 1. The first kappa shape index (κ1) is 21.2. The molecule has 164 valence electrons. The van der Waals surface area contributed by atoms with Crippen LogP contribution in [0, 0.1) is 5.21 Å². The maximum absolute atomic E-state index is 11.0. The van der Waals surface area contributed by atoms with E-state index in [2.05, 4.69) is 20.0 Å². The number of pyridine rings is 1. The minimum absolute atomic E-state index is 0.0272. The largest absolute Gasteiger partial charge is 0.733 e. The summed E-state index contributed by atoms with van der Waals surface area (Å²) >= 11 is 0. The van der Waals surface area contributed by atoms with E-state index in [1.807, 2.05) is 18.2 Å². The van der Waals surface area contributed by atoms with Crippen LogP contribution in [-0.2, 0) is 11.3 Å². The predicted octanol–water partition coefficient (Wildman–Crippen LogP) is 3.19. The van der Waals surface area contributed by atoms with Crippen molar-refractivity contribution in [2.75, 3.05) is 32.1 Å². The molecule has 0 bridgehead atoms. The van der Waals surface area contributed by atoms with Gasteiger partial charge in [-0.1, -0.05) is 17.3 Å². The summed E-state index contributed by atoms with van der Waals surface area (Å²) < 4.78 is 16.0. The Bertz CT molecular complexity index is 961. The molecule has 1 aliphatic rings. The van der Waals surface area contributed by atoms with E-state index in [4.69, 9.17) is 19.2 Å². The van der Waals surface area contributed by atoms with Crippen LogP contribution >= 0.6 is 0 Å². The summed E-state index contributed by atoms with van der Waals surface area (Å²) in [5, 5.41) is 23.9. The Morgan fingerprint density at radius 3 is 2.77 bits per heavy atom. The van der Waals surface area contributed by atoms with Gasteiger partial charge < -0.3 is 24.4 Å². The number of nitrogens with zero attached hydrogens (tertiary/aromatic N) is 5. The molecular weight excluding hydrogens is 402 g/mol. The number of likely N-dealkylation sites (tertiary alicyclic amines) is 1. The number of benzene rings is 1. The SMILES string of the molecule is COCCOc1ccc(-c2noc(C3CCCN3Cc3ccc(N([O-])O)cc3)n2)cn1. The van der Waals surface area contributed by atoms with E-state index >= 15 is 0 Å². The first-order chi connectivity index (χ1) is 15.1. The molecule has 1 aromatic carbocycles. The summed E-state index contributed by atoms with van der Waals surface area (Å²) in [5.41, 5.74) is 1.98. The molecular formula is C21H24N5O5-. The highest BCUT2D eigenvalue weighted by atomic mass is 16.8. The molecule has 10 heteroatoms. The van der Waals surface area contributed by atoms with Crippen LogP contribution in [0.15, 0.2) is 47.1 Å². The van der Waals surface area contributed by atoms with Gasteiger partial charge in [0.1, 0.15) is 6.61 Å². The van der Waals surface area contributed by atoms with Crippen molar-refractivity contribution in [3.8, 4) is 17.3 Å². The van der Waals surface area contributed by atoms with Crippen LogP contribution in [0.1, 0.15) is 30.3 Å². The van der Waals surface area contributed by atoms with Crippen molar-refractivity contribution in [1.82, 2.24) is 20.0 Å². The van der Waals surface area contributed by atoms with Gasteiger partial charge in [-0.15, -0.1) is 0 Å². The van der Waals surface area contributed by atoms with E-state index in [9.17, 15) is 5.21 Å². The van der Waals surface area contributed by atoms with Crippen molar-refractivity contribution in [2.45, 2.75) is 25.4 Å². The Balaban J connectivity index is 1.41. The number of hydrogen-bond acceptors (Lipinski definition) is 10.